The van der Waals surface area contributed by atoms with Crippen LogP contribution in [0.15, 0.2) is 25.8 Å². The summed E-state index contributed by atoms with van der Waals surface area (Å²) in [7, 11) is 0. The van der Waals surface area contributed by atoms with Crippen molar-refractivity contribution in [2.75, 3.05) is 6.54 Å². The Morgan fingerprint density at radius 1 is 1.11 bits per heavy atom. The number of hydrogen-bond donors (Lipinski definition) is 1. The van der Waals surface area contributed by atoms with E-state index in [2.05, 4.69) is 0 Å². The maximum atomic E-state index is 12.7. The third-order valence-corrected chi connectivity index (χ3v) is 5.77. The van der Waals surface area contributed by atoms with E-state index in [1.165, 1.54) is 4.90 Å². The molecule has 1 N–H and O–H groups in total. The summed E-state index contributed by atoms with van der Waals surface area (Å²) < 4.78 is 11.2. The van der Waals surface area contributed by atoms with Gasteiger partial charge in [0, 0.05) is 23.4 Å². The molecule has 7 heteroatoms. The van der Waals surface area contributed by atoms with E-state index < -0.39 is 17.6 Å². The summed E-state index contributed by atoms with van der Waals surface area (Å²) >= 11 is 0. The number of furan rings is 1. The van der Waals surface area contributed by atoms with Gasteiger partial charge in [-0.15, -0.1) is 0 Å². The Hall–Kier alpha value is -3.09. The largest absolute Gasteiger partial charge is 0.480 e. The number of carbonyl (C=O) groups excluding carboxylic acids is 1. The van der Waals surface area contributed by atoms with Gasteiger partial charge in [-0.05, 0) is 50.8 Å². The van der Waals surface area contributed by atoms with Gasteiger partial charge in [0.2, 0.25) is 5.91 Å². The van der Waals surface area contributed by atoms with Crippen molar-refractivity contribution in [2.24, 2.45) is 0 Å². The van der Waals surface area contributed by atoms with Crippen molar-refractivity contribution < 1.29 is 23.5 Å². The Bertz CT molecular complexity index is 1190. The lowest BCUT2D eigenvalue weighted by atomic mass is 10.0. The summed E-state index contributed by atoms with van der Waals surface area (Å²) in [5.41, 5.74) is 2.43. The molecule has 0 spiro atoms. The van der Waals surface area contributed by atoms with Crippen LogP contribution in [0.3, 0.4) is 0 Å². The molecule has 3 heterocycles. The number of hydrogen-bond acceptors (Lipinski definition) is 5. The van der Waals surface area contributed by atoms with Gasteiger partial charge < -0.3 is 18.8 Å². The first-order valence-electron chi connectivity index (χ1n) is 9.26. The number of aliphatic carboxylic acids is 1. The lowest BCUT2D eigenvalue weighted by molar-refractivity contribution is -0.148. The van der Waals surface area contributed by atoms with Crippen LogP contribution in [-0.2, 0) is 16.0 Å². The van der Waals surface area contributed by atoms with Gasteiger partial charge in [-0.2, -0.15) is 0 Å². The van der Waals surface area contributed by atoms with Gasteiger partial charge >= 0.3 is 11.6 Å². The van der Waals surface area contributed by atoms with Gasteiger partial charge in [0.1, 0.15) is 23.0 Å². The summed E-state index contributed by atoms with van der Waals surface area (Å²) in [6, 6.07) is 2.79. The Balaban J connectivity index is 1.78. The number of rotatable bonds is 3. The second kappa shape index (κ2) is 6.51. The summed E-state index contributed by atoms with van der Waals surface area (Å²) in [6.45, 7) is 6.02. The molecule has 0 aliphatic carbocycles. The molecular weight excluding hydrogens is 362 g/mol. The fourth-order valence-electron chi connectivity index (χ4n) is 4.00. The zero-order valence-electron chi connectivity index (χ0n) is 16.0. The lowest BCUT2D eigenvalue weighted by Gasteiger charge is -2.21. The Labute approximate surface area is 160 Å². The molecule has 0 radical (unpaired) electrons. The summed E-state index contributed by atoms with van der Waals surface area (Å²) in [4.78, 5) is 37.9. The van der Waals surface area contributed by atoms with Crippen molar-refractivity contribution in [3.63, 3.8) is 0 Å². The molecule has 1 fully saturated rings. The highest BCUT2D eigenvalue weighted by Crippen LogP contribution is 2.31. The Morgan fingerprint density at radius 2 is 1.79 bits per heavy atom. The fraction of sp³-hybridized carbons (Fsp3) is 0.381. The minimum atomic E-state index is -1.01. The molecule has 7 nitrogen and oxygen atoms in total. The van der Waals surface area contributed by atoms with E-state index in [1.807, 2.05) is 19.9 Å². The molecule has 0 unspecified atom stereocenters. The second-order valence-corrected chi connectivity index (χ2v) is 7.38. The van der Waals surface area contributed by atoms with Crippen LogP contribution in [0.25, 0.3) is 21.9 Å². The van der Waals surface area contributed by atoms with E-state index >= 15 is 0 Å². The van der Waals surface area contributed by atoms with Gasteiger partial charge in [-0.1, -0.05) is 0 Å². The van der Waals surface area contributed by atoms with Crippen molar-refractivity contribution in [3.8, 4) is 0 Å². The van der Waals surface area contributed by atoms with Crippen molar-refractivity contribution >= 4 is 33.8 Å². The standard InChI is InChI=1S/C21H21NO6/c1-10-12(3)27-17-9-18-14(7-13(10)17)11(2)15(21(26)28-18)8-19(23)22-6-4-5-16(22)20(24)25/h7,9,16H,4-6,8H2,1-3H3,(H,24,25)/t16-/m1/s1. The van der Waals surface area contributed by atoms with Crippen molar-refractivity contribution in [1.29, 1.82) is 0 Å². The number of likely N-dealkylation sites (tertiary alicyclic amines) is 1. The zero-order valence-corrected chi connectivity index (χ0v) is 16.0. The third kappa shape index (κ3) is 2.78. The normalized spacial score (nSPS) is 17.0. The molecule has 0 saturated carbocycles. The highest BCUT2D eigenvalue weighted by molar-refractivity contribution is 5.97. The Morgan fingerprint density at radius 3 is 2.50 bits per heavy atom. The second-order valence-electron chi connectivity index (χ2n) is 7.38. The van der Waals surface area contributed by atoms with Crippen molar-refractivity contribution in [3.05, 3.63) is 45.0 Å². The van der Waals surface area contributed by atoms with Crippen LogP contribution < -0.4 is 5.63 Å². The monoisotopic (exact) mass is 383 g/mol. The minimum absolute atomic E-state index is 0.171. The SMILES string of the molecule is Cc1oc2cc3oc(=O)c(CC(=O)N4CCC[C@@H]4C(=O)O)c(C)c3cc2c1C. The van der Waals surface area contributed by atoms with E-state index in [0.29, 0.717) is 36.1 Å². The average Bonchev–Trinajstić information content (AvgIpc) is 3.23. The molecule has 28 heavy (non-hydrogen) atoms. The molecule has 3 aromatic rings. The van der Waals surface area contributed by atoms with Crippen LogP contribution in [0.1, 0.15) is 35.3 Å². The first-order valence-corrected chi connectivity index (χ1v) is 9.26. The molecule has 1 aliphatic heterocycles. The number of fused-ring (bicyclic) bond motifs is 2. The molecule has 4 rings (SSSR count). The first-order chi connectivity index (χ1) is 13.3. The van der Waals surface area contributed by atoms with Crippen LogP contribution in [0.2, 0.25) is 0 Å². The lowest BCUT2D eigenvalue weighted by Crippen LogP contribution is -2.41. The predicted octanol–water partition coefficient (Wildman–Crippen LogP) is 3.08. The summed E-state index contributed by atoms with van der Waals surface area (Å²) in [5, 5.41) is 11.0. The number of carbonyl (C=O) groups is 2. The molecule has 1 atom stereocenters. The maximum absolute atomic E-state index is 12.7. The topological polar surface area (TPSA) is 101 Å². The van der Waals surface area contributed by atoms with E-state index in [0.717, 1.165) is 22.1 Å². The van der Waals surface area contributed by atoms with E-state index in [4.69, 9.17) is 8.83 Å². The van der Waals surface area contributed by atoms with Gasteiger partial charge in [0.05, 0.1) is 12.0 Å². The molecular formula is C21H21NO6. The van der Waals surface area contributed by atoms with Crippen LogP contribution in [0.4, 0.5) is 0 Å². The van der Waals surface area contributed by atoms with E-state index in [1.54, 1.807) is 13.0 Å². The molecule has 2 aromatic heterocycles. The molecule has 1 aromatic carbocycles. The Kier molecular flexibility index (Phi) is 4.25. The molecule has 1 saturated heterocycles. The van der Waals surface area contributed by atoms with Crippen LogP contribution in [0.5, 0.6) is 0 Å². The van der Waals surface area contributed by atoms with E-state index in [9.17, 15) is 19.5 Å². The minimum Gasteiger partial charge on any atom is -0.480 e. The first kappa shape index (κ1) is 18.3. The van der Waals surface area contributed by atoms with Gasteiger partial charge in [-0.25, -0.2) is 9.59 Å². The molecule has 1 amide bonds. The van der Waals surface area contributed by atoms with Crippen LogP contribution in [0, 0.1) is 20.8 Å². The van der Waals surface area contributed by atoms with Gasteiger partial charge in [0.25, 0.3) is 0 Å². The summed E-state index contributed by atoms with van der Waals surface area (Å²) in [6.07, 6.45) is 0.907. The molecule has 146 valence electrons. The van der Waals surface area contributed by atoms with E-state index in [-0.39, 0.29) is 17.9 Å². The third-order valence-electron chi connectivity index (χ3n) is 5.77. The van der Waals surface area contributed by atoms with Crippen molar-refractivity contribution in [2.45, 2.75) is 46.1 Å². The number of aryl methyl sites for hydroxylation is 3. The zero-order chi connectivity index (χ0) is 20.2. The number of nitrogens with zero attached hydrogens (tertiary/aromatic N) is 1. The number of carboxylic acid groups (broad SMARTS) is 1. The van der Waals surface area contributed by atoms with Crippen molar-refractivity contribution in [1.82, 2.24) is 4.90 Å². The quantitative estimate of drug-likeness (QED) is 0.698. The highest BCUT2D eigenvalue weighted by Gasteiger charge is 2.34. The average molecular weight is 383 g/mol. The molecule has 0 bridgehead atoms. The molecule has 1 aliphatic rings. The smallest absolute Gasteiger partial charge is 0.340 e. The number of amides is 1. The van der Waals surface area contributed by atoms with Crippen LogP contribution in [-0.4, -0.2) is 34.5 Å². The maximum Gasteiger partial charge on any atom is 0.340 e. The summed E-state index contributed by atoms with van der Waals surface area (Å²) in [5.74, 6) is -0.577. The van der Waals surface area contributed by atoms with Gasteiger partial charge in [0.15, 0.2) is 0 Å². The predicted molar refractivity (Wildman–Crippen MR) is 103 cm³/mol. The number of carboxylic acids is 1. The van der Waals surface area contributed by atoms with Crippen LogP contribution >= 0.6 is 0 Å². The fourth-order valence-corrected chi connectivity index (χ4v) is 4.00. The number of benzene rings is 1. The van der Waals surface area contributed by atoms with Gasteiger partial charge in [-0.3, -0.25) is 4.79 Å². The highest BCUT2D eigenvalue weighted by atomic mass is 16.4.